The lowest BCUT2D eigenvalue weighted by Gasteiger charge is -2.35. The molecule has 0 saturated carbocycles. The number of hydrogen-bond acceptors (Lipinski definition) is 4. The van der Waals surface area contributed by atoms with Crippen LogP contribution in [0.25, 0.3) is 0 Å². The standard InChI is InChI=1S/C22H36N4O/c1-16(2)19-15-20(24-21(23-19)17(3)4)25-13-9-18(10-14-25)22(27)26-11-7-5-6-8-12-26/h15-18H,5-14H2,1-4H3. The number of aromatic nitrogens is 2. The third-order valence-electron chi connectivity index (χ3n) is 5.94. The van der Waals surface area contributed by atoms with Crippen molar-refractivity contribution in [2.75, 3.05) is 31.1 Å². The van der Waals surface area contributed by atoms with Crippen molar-refractivity contribution in [3.05, 3.63) is 17.6 Å². The van der Waals surface area contributed by atoms with Crippen LogP contribution in [0.15, 0.2) is 6.07 Å². The Kier molecular flexibility index (Phi) is 6.72. The van der Waals surface area contributed by atoms with Crippen molar-refractivity contribution in [1.29, 1.82) is 0 Å². The molecular formula is C22H36N4O. The summed E-state index contributed by atoms with van der Waals surface area (Å²) in [5, 5.41) is 0. The molecule has 27 heavy (non-hydrogen) atoms. The average Bonchev–Trinajstić information content (AvgIpc) is 2.96. The highest BCUT2D eigenvalue weighted by molar-refractivity contribution is 5.79. The molecule has 0 bridgehead atoms. The number of nitrogens with zero attached hydrogens (tertiary/aromatic N) is 4. The predicted molar refractivity (Wildman–Crippen MR) is 110 cm³/mol. The van der Waals surface area contributed by atoms with E-state index in [-0.39, 0.29) is 5.92 Å². The Morgan fingerprint density at radius 2 is 1.56 bits per heavy atom. The monoisotopic (exact) mass is 372 g/mol. The van der Waals surface area contributed by atoms with Crippen LogP contribution >= 0.6 is 0 Å². The molecule has 5 nitrogen and oxygen atoms in total. The second kappa shape index (κ2) is 9.03. The second-order valence-electron chi connectivity index (χ2n) is 8.82. The van der Waals surface area contributed by atoms with E-state index in [0.717, 1.165) is 56.4 Å². The molecule has 2 saturated heterocycles. The van der Waals surface area contributed by atoms with Crippen LogP contribution in [0.5, 0.6) is 0 Å². The van der Waals surface area contributed by atoms with E-state index in [4.69, 9.17) is 9.97 Å². The molecule has 5 heteroatoms. The Hall–Kier alpha value is -1.65. The Bertz CT molecular complexity index is 601. The highest BCUT2D eigenvalue weighted by Gasteiger charge is 2.29. The first kappa shape index (κ1) is 20.1. The SMILES string of the molecule is CC(C)c1cc(N2CCC(C(=O)N3CCCCCC3)CC2)nc(C(C)C)n1. The minimum atomic E-state index is 0.190. The fraction of sp³-hybridized carbons (Fsp3) is 0.773. The van der Waals surface area contributed by atoms with Crippen LogP contribution in [0, 0.1) is 5.92 Å². The third-order valence-corrected chi connectivity index (χ3v) is 5.94. The number of anilines is 1. The lowest BCUT2D eigenvalue weighted by Crippen LogP contribution is -2.43. The molecule has 2 aliphatic rings. The third kappa shape index (κ3) is 4.99. The Morgan fingerprint density at radius 1 is 0.926 bits per heavy atom. The first-order chi connectivity index (χ1) is 13.0. The number of carbonyl (C=O) groups excluding carboxylic acids is 1. The Morgan fingerprint density at radius 3 is 2.11 bits per heavy atom. The molecule has 1 aromatic rings. The van der Waals surface area contributed by atoms with Gasteiger partial charge >= 0.3 is 0 Å². The summed E-state index contributed by atoms with van der Waals surface area (Å²) in [6.45, 7) is 12.4. The maximum atomic E-state index is 12.9. The predicted octanol–water partition coefficient (Wildman–Crippen LogP) is 4.34. The fourth-order valence-electron chi connectivity index (χ4n) is 4.09. The number of likely N-dealkylation sites (tertiary alicyclic amines) is 1. The van der Waals surface area contributed by atoms with Gasteiger partial charge in [-0.3, -0.25) is 4.79 Å². The van der Waals surface area contributed by atoms with Crippen LogP contribution in [0.2, 0.25) is 0 Å². The van der Waals surface area contributed by atoms with E-state index in [1.54, 1.807) is 0 Å². The largest absolute Gasteiger partial charge is 0.356 e. The molecule has 0 spiro atoms. The van der Waals surface area contributed by atoms with E-state index in [9.17, 15) is 4.79 Å². The second-order valence-corrected chi connectivity index (χ2v) is 8.82. The summed E-state index contributed by atoms with van der Waals surface area (Å²) in [6, 6.07) is 2.15. The number of rotatable bonds is 4. The van der Waals surface area contributed by atoms with Crippen LogP contribution in [0.3, 0.4) is 0 Å². The summed E-state index contributed by atoms with van der Waals surface area (Å²) in [6.07, 6.45) is 6.75. The van der Waals surface area contributed by atoms with Crippen molar-refractivity contribution in [3.8, 4) is 0 Å². The van der Waals surface area contributed by atoms with Crippen molar-refractivity contribution in [1.82, 2.24) is 14.9 Å². The molecule has 0 aliphatic carbocycles. The van der Waals surface area contributed by atoms with Gasteiger partial charge in [0.05, 0.1) is 0 Å². The van der Waals surface area contributed by atoms with Gasteiger partial charge in [0, 0.05) is 49.8 Å². The number of amides is 1. The molecule has 0 N–H and O–H groups in total. The molecule has 0 unspecified atom stereocenters. The summed E-state index contributed by atoms with van der Waals surface area (Å²) < 4.78 is 0. The van der Waals surface area contributed by atoms with Crippen molar-refractivity contribution in [2.45, 2.75) is 78.1 Å². The fourth-order valence-corrected chi connectivity index (χ4v) is 4.09. The number of carbonyl (C=O) groups is 1. The van der Waals surface area contributed by atoms with Gasteiger partial charge in [-0.1, -0.05) is 40.5 Å². The summed E-state index contributed by atoms with van der Waals surface area (Å²) in [4.78, 5) is 27.0. The zero-order valence-corrected chi connectivity index (χ0v) is 17.6. The quantitative estimate of drug-likeness (QED) is 0.789. The zero-order valence-electron chi connectivity index (χ0n) is 17.6. The lowest BCUT2D eigenvalue weighted by atomic mass is 9.95. The summed E-state index contributed by atoms with van der Waals surface area (Å²) >= 11 is 0. The molecule has 1 aromatic heterocycles. The molecule has 2 fully saturated rings. The lowest BCUT2D eigenvalue weighted by molar-refractivity contribution is -0.136. The van der Waals surface area contributed by atoms with Crippen molar-refractivity contribution in [2.24, 2.45) is 5.92 Å². The topological polar surface area (TPSA) is 49.3 Å². The summed E-state index contributed by atoms with van der Waals surface area (Å²) in [7, 11) is 0. The molecule has 3 heterocycles. The van der Waals surface area contributed by atoms with Crippen LogP contribution in [0.4, 0.5) is 5.82 Å². The van der Waals surface area contributed by atoms with Crippen molar-refractivity contribution >= 4 is 11.7 Å². The van der Waals surface area contributed by atoms with Gasteiger partial charge in [0.1, 0.15) is 11.6 Å². The van der Waals surface area contributed by atoms with E-state index >= 15 is 0 Å². The normalized spacial score (nSPS) is 19.6. The smallest absolute Gasteiger partial charge is 0.225 e. The molecule has 1 amide bonds. The van der Waals surface area contributed by atoms with Crippen molar-refractivity contribution < 1.29 is 4.79 Å². The highest BCUT2D eigenvalue weighted by atomic mass is 16.2. The van der Waals surface area contributed by atoms with E-state index in [2.05, 4.69) is 43.6 Å². The Balaban J connectivity index is 1.65. The maximum Gasteiger partial charge on any atom is 0.225 e. The van der Waals surface area contributed by atoms with Gasteiger partial charge in [-0.25, -0.2) is 9.97 Å². The minimum Gasteiger partial charge on any atom is -0.356 e. The number of hydrogen-bond donors (Lipinski definition) is 0. The van der Waals surface area contributed by atoms with Crippen LogP contribution in [-0.4, -0.2) is 47.0 Å². The molecular weight excluding hydrogens is 336 g/mol. The van der Waals surface area contributed by atoms with Gasteiger partial charge in [0.15, 0.2) is 0 Å². The molecule has 150 valence electrons. The van der Waals surface area contributed by atoms with E-state index in [0.29, 0.717) is 17.7 Å². The van der Waals surface area contributed by atoms with Gasteiger partial charge in [0.25, 0.3) is 0 Å². The van der Waals surface area contributed by atoms with Gasteiger partial charge in [-0.2, -0.15) is 0 Å². The van der Waals surface area contributed by atoms with Gasteiger partial charge in [0.2, 0.25) is 5.91 Å². The minimum absolute atomic E-state index is 0.190. The van der Waals surface area contributed by atoms with E-state index in [1.165, 1.54) is 25.7 Å². The average molecular weight is 373 g/mol. The first-order valence-corrected chi connectivity index (χ1v) is 10.9. The molecule has 0 aromatic carbocycles. The van der Waals surface area contributed by atoms with E-state index in [1.807, 2.05) is 0 Å². The number of piperidine rings is 1. The highest BCUT2D eigenvalue weighted by Crippen LogP contribution is 2.27. The Labute approximate surface area is 164 Å². The maximum absolute atomic E-state index is 12.9. The van der Waals surface area contributed by atoms with Crippen LogP contribution < -0.4 is 4.90 Å². The summed E-state index contributed by atoms with van der Waals surface area (Å²) in [5.74, 6) is 3.27. The molecule has 2 aliphatic heterocycles. The van der Waals surface area contributed by atoms with Crippen LogP contribution in [0.1, 0.15) is 89.6 Å². The van der Waals surface area contributed by atoms with Crippen molar-refractivity contribution in [3.63, 3.8) is 0 Å². The molecule has 3 rings (SSSR count). The zero-order chi connectivity index (χ0) is 19.4. The van der Waals surface area contributed by atoms with Gasteiger partial charge < -0.3 is 9.80 Å². The first-order valence-electron chi connectivity index (χ1n) is 10.9. The van der Waals surface area contributed by atoms with Gasteiger partial charge in [-0.05, 0) is 31.6 Å². The van der Waals surface area contributed by atoms with E-state index < -0.39 is 0 Å². The molecule has 0 radical (unpaired) electrons. The molecule has 0 atom stereocenters. The van der Waals surface area contributed by atoms with Crippen LogP contribution in [-0.2, 0) is 4.79 Å². The van der Waals surface area contributed by atoms with Gasteiger partial charge in [-0.15, -0.1) is 0 Å². The summed E-state index contributed by atoms with van der Waals surface area (Å²) in [5.41, 5.74) is 1.12.